The van der Waals surface area contributed by atoms with Crippen LogP contribution in [-0.2, 0) is 16.6 Å². The van der Waals surface area contributed by atoms with Gasteiger partial charge in [0.2, 0.25) is 0 Å². The first-order chi connectivity index (χ1) is 13.9. The average Bonchev–Trinajstić information content (AvgIpc) is 3.08. The number of benzene rings is 2. The van der Waals surface area contributed by atoms with Gasteiger partial charge >= 0.3 is 0 Å². The lowest BCUT2D eigenvalue weighted by Crippen LogP contribution is -2.32. The predicted octanol–water partition coefficient (Wildman–Crippen LogP) is 4.66. The monoisotopic (exact) mass is 405 g/mol. The van der Waals surface area contributed by atoms with E-state index in [2.05, 4.69) is 4.98 Å². The SMILES string of the molecule is Cc1cc(C)c(S(=O)(=O)N(Cc2cnc3ccccn23)c2ccccc2)c(C)c1. The van der Waals surface area contributed by atoms with Gasteiger partial charge in [0.25, 0.3) is 10.0 Å². The first-order valence-corrected chi connectivity index (χ1v) is 10.9. The number of fused-ring (bicyclic) bond motifs is 1. The second-order valence-electron chi connectivity index (χ2n) is 7.25. The third-order valence-corrected chi connectivity index (χ3v) is 7.08. The molecule has 0 saturated heterocycles. The molecule has 5 nitrogen and oxygen atoms in total. The molecule has 0 atom stereocenters. The summed E-state index contributed by atoms with van der Waals surface area (Å²) in [6.07, 6.45) is 3.63. The number of para-hydroxylation sites is 1. The van der Waals surface area contributed by atoms with Crippen LogP contribution < -0.4 is 4.31 Å². The molecule has 0 amide bonds. The molecule has 0 aliphatic rings. The largest absolute Gasteiger partial charge is 0.302 e. The molecule has 0 unspecified atom stereocenters. The van der Waals surface area contributed by atoms with Gasteiger partial charge in [0.05, 0.1) is 29.0 Å². The highest BCUT2D eigenvalue weighted by Crippen LogP contribution is 2.30. The van der Waals surface area contributed by atoms with E-state index in [-0.39, 0.29) is 6.54 Å². The number of aryl methyl sites for hydroxylation is 3. The number of sulfonamides is 1. The second kappa shape index (κ2) is 7.37. The van der Waals surface area contributed by atoms with Gasteiger partial charge in [-0.3, -0.25) is 4.31 Å². The average molecular weight is 406 g/mol. The van der Waals surface area contributed by atoms with Crippen molar-refractivity contribution < 1.29 is 8.42 Å². The van der Waals surface area contributed by atoms with Crippen molar-refractivity contribution in [2.45, 2.75) is 32.2 Å². The molecular formula is C23H23N3O2S. The minimum absolute atomic E-state index is 0.185. The fraction of sp³-hybridized carbons (Fsp3) is 0.174. The fourth-order valence-corrected chi connectivity index (χ4v) is 5.70. The van der Waals surface area contributed by atoms with Crippen LogP contribution in [0.15, 0.2) is 78.0 Å². The Morgan fingerprint density at radius 3 is 2.28 bits per heavy atom. The maximum atomic E-state index is 13.8. The number of imidazole rings is 1. The van der Waals surface area contributed by atoms with Gasteiger partial charge in [-0.2, -0.15) is 0 Å². The number of hydrogen-bond acceptors (Lipinski definition) is 3. The van der Waals surface area contributed by atoms with E-state index in [1.807, 2.05) is 92.0 Å². The van der Waals surface area contributed by atoms with Crippen molar-refractivity contribution in [1.29, 1.82) is 0 Å². The third kappa shape index (κ3) is 3.51. The molecule has 148 valence electrons. The van der Waals surface area contributed by atoms with Gasteiger partial charge in [0.15, 0.2) is 0 Å². The van der Waals surface area contributed by atoms with Crippen LogP contribution >= 0.6 is 0 Å². The minimum Gasteiger partial charge on any atom is -0.302 e. The van der Waals surface area contributed by atoms with E-state index in [0.717, 1.165) is 28.0 Å². The van der Waals surface area contributed by atoms with Crippen molar-refractivity contribution in [3.63, 3.8) is 0 Å². The van der Waals surface area contributed by atoms with Crippen LogP contribution in [0.25, 0.3) is 5.65 Å². The normalized spacial score (nSPS) is 11.7. The van der Waals surface area contributed by atoms with E-state index in [0.29, 0.717) is 10.6 Å². The Morgan fingerprint density at radius 2 is 1.59 bits per heavy atom. The number of pyridine rings is 1. The molecule has 0 N–H and O–H groups in total. The number of hydrogen-bond donors (Lipinski definition) is 0. The second-order valence-corrected chi connectivity index (χ2v) is 9.05. The predicted molar refractivity (Wildman–Crippen MR) is 116 cm³/mol. The van der Waals surface area contributed by atoms with Crippen LogP contribution in [0.3, 0.4) is 0 Å². The van der Waals surface area contributed by atoms with E-state index < -0.39 is 10.0 Å². The highest BCUT2D eigenvalue weighted by atomic mass is 32.2. The summed E-state index contributed by atoms with van der Waals surface area (Å²) in [7, 11) is -3.78. The smallest absolute Gasteiger partial charge is 0.265 e. The van der Waals surface area contributed by atoms with Crippen molar-refractivity contribution in [3.05, 3.63) is 95.4 Å². The molecule has 2 heterocycles. The van der Waals surface area contributed by atoms with Crippen LogP contribution in [0.2, 0.25) is 0 Å². The summed E-state index contributed by atoms with van der Waals surface area (Å²) in [5.41, 5.74) is 4.76. The Labute approximate surface area is 171 Å². The van der Waals surface area contributed by atoms with Crippen LogP contribution in [0.5, 0.6) is 0 Å². The maximum absolute atomic E-state index is 13.8. The summed E-state index contributed by atoms with van der Waals surface area (Å²) in [5.74, 6) is 0. The summed E-state index contributed by atoms with van der Waals surface area (Å²) < 4.78 is 31.1. The van der Waals surface area contributed by atoms with E-state index in [9.17, 15) is 8.42 Å². The van der Waals surface area contributed by atoms with Gasteiger partial charge in [0, 0.05) is 6.20 Å². The van der Waals surface area contributed by atoms with Gasteiger partial charge < -0.3 is 4.40 Å². The zero-order valence-electron chi connectivity index (χ0n) is 16.7. The van der Waals surface area contributed by atoms with Crippen molar-refractivity contribution in [3.8, 4) is 0 Å². The topological polar surface area (TPSA) is 54.7 Å². The molecule has 0 bridgehead atoms. The quantitative estimate of drug-likeness (QED) is 0.485. The number of nitrogens with zero attached hydrogens (tertiary/aromatic N) is 3. The van der Waals surface area contributed by atoms with Crippen LogP contribution in [-0.4, -0.2) is 17.8 Å². The van der Waals surface area contributed by atoms with Gasteiger partial charge in [-0.05, 0) is 56.2 Å². The molecular weight excluding hydrogens is 382 g/mol. The molecule has 29 heavy (non-hydrogen) atoms. The minimum atomic E-state index is -3.78. The standard InChI is InChI=1S/C23H23N3O2S/c1-17-13-18(2)23(19(3)14-17)29(27,28)26(20-9-5-4-6-10-20)16-21-15-24-22-11-7-8-12-25(21)22/h4-15H,16H2,1-3H3. The summed E-state index contributed by atoms with van der Waals surface area (Å²) in [6, 6.07) is 18.8. The van der Waals surface area contributed by atoms with E-state index in [1.54, 1.807) is 6.20 Å². The van der Waals surface area contributed by atoms with Gasteiger partial charge in [-0.1, -0.05) is 42.0 Å². The van der Waals surface area contributed by atoms with Crippen LogP contribution in [0, 0.1) is 20.8 Å². The third-order valence-electron chi connectivity index (χ3n) is 5.00. The van der Waals surface area contributed by atoms with Gasteiger partial charge in [0.1, 0.15) is 5.65 Å². The molecule has 0 radical (unpaired) electrons. The maximum Gasteiger partial charge on any atom is 0.265 e. The first-order valence-electron chi connectivity index (χ1n) is 9.44. The van der Waals surface area contributed by atoms with Crippen LogP contribution in [0.1, 0.15) is 22.4 Å². The Bertz CT molecular complexity index is 1250. The molecule has 0 aliphatic carbocycles. The van der Waals surface area contributed by atoms with Crippen molar-refractivity contribution in [2.24, 2.45) is 0 Å². The summed E-state index contributed by atoms with van der Waals surface area (Å²) in [5, 5.41) is 0. The van der Waals surface area contributed by atoms with E-state index >= 15 is 0 Å². The number of anilines is 1. The molecule has 2 aromatic carbocycles. The molecule has 4 aromatic rings. The van der Waals surface area contributed by atoms with Crippen LogP contribution in [0.4, 0.5) is 5.69 Å². The lowest BCUT2D eigenvalue weighted by atomic mass is 10.1. The first kappa shape index (κ1) is 19.2. The van der Waals surface area contributed by atoms with Crippen molar-refractivity contribution >= 4 is 21.4 Å². The summed E-state index contributed by atoms with van der Waals surface area (Å²) in [4.78, 5) is 4.77. The molecule has 0 fully saturated rings. The van der Waals surface area contributed by atoms with Gasteiger partial charge in [-0.15, -0.1) is 0 Å². The summed E-state index contributed by atoms with van der Waals surface area (Å²) in [6.45, 7) is 5.86. The zero-order valence-corrected chi connectivity index (χ0v) is 17.5. The lowest BCUT2D eigenvalue weighted by molar-refractivity contribution is 0.588. The molecule has 6 heteroatoms. The Kier molecular flexibility index (Phi) is 4.88. The van der Waals surface area contributed by atoms with Gasteiger partial charge in [-0.25, -0.2) is 13.4 Å². The fourth-order valence-electron chi connectivity index (χ4n) is 3.84. The van der Waals surface area contributed by atoms with E-state index in [1.165, 1.54) is 4.31 Å². The lowest BCUT2D eigenvalue weighted by Gasteiger charge is -2.26. The molecule has 4 rings (SSSR count). The highest BCUT2D eigenvalue weighted by molar-refractivity contribution is 7.92. The zero-order chi connectivity index (χ0) is 20.6. The molecule has 0 aliphatic heterocycles. The Morgan fingerprint density at radius 1 is 0.931 bits per heavy atom. The Hall–Kier alpha value is -3.12. The molecule has 0 saturated carbocycles. The number of rotatable bonds is 5. The Balaban J connectivity index is 1.88. The number of aromatic nitrogens is 2. The molecule has 2 aromatic heterocycles. The summed E-state index contributed by atoms with van der Waals surface area (Å²) >= 11 is 0. The molecule has 0 spiro atoms. The van der Waals surface area contributed by atoms with Crippen molar-refractivity contribution in [1.82, 2.24) is 9.38 Å². The van der Waals surface area contributed by atoms with E-state index in [4.69, 9.17) is 0 Å². The highest BCUT2D eigenvalue weighted by Gasteiger charge is 2.29. The van der Waals surface area contributed by atoms with Crippen molar-refractivity contribution in [2.75, 3.05) is 4.31 Å².